The maximum absolute atomic E-state index is 13.0. The molecule has 1 aromatic carbocycles. The zero-order valence-electron chi connectivity index (χ0n) is 12.9. The van der Waals surface area contributed by atoms with Gasteiger partial charge in [-0.05, 0) is 42.0 Å². The Kier molecular flexibility index (Phi) is 3.70. The molecule has 3 heterocycles. The van der Waals surface area contributed by atoms with Crippen LogP contribution in [0.4, 0.5) is 4.39 Å². The molecule has 4 rings (SSSR count). The summed E-state index contributed by atoms with van der Waals surface area (Å²) in [4.78, 5) is 17.8. The Balaban J connectivity index is 1.43. The second kappa shape index (κ2) is 5.73. The van der Waals surface area contributed by atoms with Crippen molar-refractivity contribution >= 4 is 17.2 Å². The Bertz CT molecular complexity index is 700. The van der Waals surface area contributed by atoms with Crippen molar-refractivity contribution in [2.45, 2.75) is 24.9 Å². The normalized spacial score (nSPS) is 24.1. The van der Waals surface area contributed by atoms with E-state index < -0.39 is 0 Å². The van der Waals surface area contributed by atoms with Gasteiger partial charge in [-0.25, -0.2) is 4.39 Å². The number of benzene rings is 1. The Morgan fingerprint density at radius 1 is 1.17 bits per heavy atom. The van der Waals surface area contributed by atoms with E-state index in [1.165, 1.54) is 23.5 Å². The summed E-state index contributed by atoms with van der Waals surface area (Å²) in [5.74, 6) is -0.0360. The average Bonchev–Trinajstić information content (AvgIpc) is 3.23. The first kappa shape index (κ1) is 14.8. The molecule has 23 heavy (non-hydrogen) atoms. The fourth-order valence-corrected chi connectivity index (χ4v) is 4.38. The minimum Gasteiger partial charge on any atom is -0.336 e. The molecule has 3 nitrogen and oxygen atoms in total. The van der Waals surface area contributed by atoms with Crippen molar-refractivity contribution < 1.29 is 9.18 Å². The number of amides is 1. The van der Waals surface area contributed by atoms with E-state index in [1.54, 1.807) is 0 Å². The van der Waals surface area contributed by atoms with E-state index >= 15 is 0 Å². The van der Waals surface area contributed by atoms with Gasteiger partial charge in [-0.1, -0.05) is 18.2 Å². The lowest BCUT2D eigenvalue weighted by Gasteiger charge is -2.50. The molecule has 0 unspecified atom stereocenters. The first-order chi connectivity index (χ1) is 11.2. The van der Waals surface area contributed by atoms with Crippen LogP contribution in [0.15, 0.2) is 41.8 Å². The van der Waals surface area contributed by atoms with Crippen LogP contribution in [0.3, 0.4) is 0 Å². The van der Waals surface area contributed by atoms with E-state index in [2.05, 4.69) is 4.90 Å². The topological polar surface area (TPSA) is 23.6 Å². The smallest absolute Gasteiger partial charge is 0.263 e. The van der Waals surface area contributed by atoms with Gasteiger partial charge in [0.2, 0.25) is 0 Å². The molecule has 2 aliphatic rings. The number of nitrogens with zero attached hydrogens (tertiary/aromatic N) is 2. The fourth-order valence-electron chi connectivity index (χ4n) is 3.69. The Morgan fingerprint density at radius 3 is 2.61 bits per heavy atom. The molecule has 5 heteroatoms. The summed E-state index contributed by atoms with van der Waals surface area (Å²) in [5.41, 5.74) is 1.26. The van der Waals surface area contributed by atoms with E-state index in [1.807, 2.05) is 34.5 Å². The number of hydrogen-bond acceptors (Lipinski definition) is 3. The van der Waals surface area contributed by atoms with Crippen LogP contribution >= 0.6 is 11.3 Å². The van der Waals surface area contributed by atoms with Gasteiger partial charge in [0, 0.05) is 31.7 Å². The third-order valence-corrected chi connectivity index (χ3v) is 6.01. The molecule has 2 aliphatic heterocycles. The summed E-state index contributed by atoms with van der Waals surface area (Å²) < 4.78 is 13.0. The van der Waals surface area contributed by atoms with E-state index in [9.17, 15) is 9.18 Å². The molecule has 2 fully saturated rings. The van der Waals surface area contributed by atoms with Crippen molar-refractivity contribution in [3.63, 3.8) is 0 Å². The van der Waals surface area contributed by atoms with E-state index in [4.69, 9.17) is 0 Å². The summed E-state index contributed by atoms with van der Waals surface area (Å²) in [5, 5.41) is 1.95. The second-order valence-corrected chi connectivity index (χ2v) is 7.42. The molecule has 1 atom stereocenters. The Morgan fingerprint density at radius 2 is 1.96 bits per heavy atom. The zero-order chi connectivity index (χ0) is 15.9. The third-order valence-electron chi connectivity index (χ3n) is 5.16. The molecule has 0 bridgehead atoms. The maximum atomic E-state index is 13.0. The highest BCUT2D eigenvalue weighted by Crippen LogP contribution is 2.40. The number of likely N-dealkylation sites (tertiary alicyclic amines) is 2. The van der Waals surface area contributed by atoms with Crippen LogP contribution in [0.5, 0.6) is 0 Å². The number of carbonyl (C=O) groups is 1. The molecule has 0 radical (unpaired) electrons. The molecule has 2 saturated heterocycles. The Labute approximate surface area is 139 Å². The van der Waals surface area contributed by atoms with E-state index in [0.717, 1.165) is 49.5 Å². The SMILES string of the molecule is O=C(c1cccs1)N1CC[C@@]2(CCN2Cc2ccc(F)cc2)C1. The zero-order valence-corrected chi connectivity index (χ0v) is 13.7. The number of hydrogen-bond donors (Lipinski definition) is 0. The predicted molar refractivity (Wildman–Crippen MR) is 89.0 cm³/mol. The lowest BCUT2D eigenvalue weighted by molar-refractivity contribution is -0.0131. The molecule has 0 aliphatic carbocycles. The predicted octanol–water partition coefficient (Wildman–Crippen LogP) is 3.38. The standard InChI is InChI=1S/C18H19FN2OS/c19-15-5-3-14(4-6-15)12-21-10-8-18(21)7-9-20(13-18)17(22)16-2-1-11-23-16/h1-6,11H,7-10,12-13H2/t18-/m1/s1. The largest absolute Gasteiger partial charge is 0.336 e. The van der Waals surface area contributed by atoms with E-state index in [0.29, 0.717) is 0 Å². The van der Waals surface area contributed by atoms with Crippen LogP contribution < -0.4 is 0 Å². The number of carbonyl (C=O) groups excluding carboxylic acids is 1. The second-order valence-electron chi connectivity index (χ2n) is 6.48. The number of halogens is 1. The average molecular weight is 330 g/mol. The number of thiophene rings is 1. The van der Waals surface area contributed by atoms with Crippen LogP contribution in [0.2, 0.25) is 0 Å². The minimum atomic E-state index is -0.194. The summed E-state index contributed by atoms with van der Waals surface area (Å²) in [6.07, 6.45) is 2.17. The van der Waals surface area contributed by atoms with Crippen molar-refractivity contribution in [2.24, 2.45) is 0 Å². The molecule has 2 aromatic rings. The Hall–Kier alpha value is -1.72. The summed E-state index contributed by atoms with van der Waals surface area (Å²) in [7, 11) is 0. The van der Waals surface area contributed by atoms with Gasteiger partial charge in [-0.15, -0.1) is 11.3 Å². The third kappa shape index (κ3) is 2.68. The lowest BCUT2D eigenvalue weighted by Crippen LogP contribution is -2.60. The monoisotopic (exact) mass is 330 g/mol. The highest BCUT2D eigenvalue weighted by Gasteiger charge is 2.50. The molecule has 1 spiro atoms. The molecule has 0 saturated carbocycles. The van der Waals surface area contributed by atoms with Gasteiger partial charge in [0.1, 0.15) is 5.82 Å². The summed E-state index contributed by atoms with van der Waals surface area (Å²) >= 11 is 1.51. The maximum Gasteiger partial charge on any atom is 0.263 e. The van der Waals surface area contributed by atoms with Gasteiger partial charge in [-0.2, -0.15) is 0 Å². The first-order valence-corrected chi connectivity index (χ1v) is 8.87. The quantitative estimate of drug-likeness (QED) is 0.861. The summed E-state index contributed by atoms with van der Waals surface area (Å²) in [6.45, 7) is 3.53. The van der Waals surface area contributed by atoms with E-state index in [-0.39, 0.29) is 17.3 Å². The number of rotatable bonds is 3. The van der Waals surface area contributed by atoms with Crippen molar-refractivity contribution in [1.82, 2.24) is 9.80 Å². The van der Waals surface area contributed by atoms with Crippen molar-refractivity contribution in [1.29, 1.82) is 0 Å². The van der Waals surface area contributed by atoms with Crippen LogP contribution in [0, 0.1) is 5.82 Å². The summed E-state index contributed by atoms with van der Waals surface area (Å²) in [6, 6.07) is 10.6. The van der Waals surface area contributed by atoms with Crippen LogP contribution in [-0.4, -0.2) is 40.9 Å². The van der Waals surface area contributed by atoms with Gasteiger partial charge in [0.15, 0.2) is 0 Å². The molecule has 1 aromatic heterocycles. The highest BCUT2D eigenvalue weighted by molar-refractivity contribution is 7.12. The minimum absolute atomic E-state index is 0.126. The van der Waals surface area contributed by atoms with Crippen molar-refractivity contribution in [3.05, 3.63) is 58.0 Å². The van der Waals surface area contributed by atoms with Gasteiger partial charge < -0.3 is 4.90 Å². The lowest BCUT2D eigenvalue weighted by atomic mass is 9.83. The van der Waals surface area contributed by atoms with Crippen LogP contribution in [0.25, 0.3) is 0 Å². The van der Waals surface area contributed by atoms with Crippen LogP contribution in [0.1, 0.15) is 28.1 Å². The van der Waals surface area contributed by atoms with Crippen LogP contribution in [-0.2, 0) is 6.54 Å². The van der Waals surface area contributed by atoms with Gasteiger partial charge in [-0.3, -0.25) is 9.69 Å². The van der Waals surface area contributed by atoms with Crippen molar-refractivity contribution in [2.75, 3.05) is 19.6 Å². The highest BCUT2D eigenvalue weighted by atomic mass is 32.1. The fraction of sp³-hybridized carbons (Fsp3) is 0.389. The first-order valence-electron chi connectivity index (χ1n) is 7.99. The molecule has 0 N–H and O–H groups in total. The molecular weight excluding hydrogens is 311 g/mol. The molecule has 120 valence electrons. The van der Waals surface area contributed by atoms with Crippen molar-refractivity contribution in [3.8, 4) is 0 Å². The van der Waals surface area contributed by atoms with Gasteiger partial charge in [0.25, 0.3) is 5.91 Å². The van der Waals surface area contributed by atoms with Gasteiger partial charge >= 0.3 is 0 Å². The molecule has 1 amide bonds. The molecular formula is C18H19FN2OS. The van der Waals surface area contributed by atoms with Gasteiger partial charge in [0.05, 0.1) is 4.88 Å².